The molecule has 0 amide bonds. The van der Waals surface area contributed by atoms with E-state index in [0.29, 0.717) is 42.9 Å². The number of benzene rings is 2. The lowest BCUT2D eigenvalue weighted by atomic mass is 9.92. The van der Waals surface area contributed by atoms with Crippen LogP contribution in [0.5, 0.6) is 0 Å². The number of nitrogens with zero attached hydrogens (tertiary/aromatic N) is 4. The van der Waals surface area contributed by atoms with E-state index in [4.69, 9.17) is 26.5 Å². The molecule has 3 heterocycles. The molecule has 2 aliphatic heterocycles. The van der Waals surface area contributed by atoms with Gasteiger partial charge in [-0.05, 0) is 43.7 Å². The van der Waals surface area contributed by atoms with E-state index in [-0.39, 0.29) is 28.6 Å². The number of rotatable bonds is 6. The van der Waals surface area contributed by atoms with E-state index >= 15 is 4.39 Å². The Hall–Kier alpha value is -2.57. The summed E-state index contributed by atoms with van der Waals surface area (Å²) in [5.74, 6) is -0.666. The van der Waals surface area contributed by atoms with Crippen LogP contribution in [0, 0.1) is 5.82 Å². The quantitative estimate of drug-likeness (QED) is 0.482. The average molecular weight is 564 g/mol. The molecule has 0 spiro atoms. The maximum absolute atomic E-state index is 15.4. The van der Waals surface area contributed by atoms with Crippen molar-refractivity contribution in [3.8, 4) is 11.5 Å². The molecule has 3 aromatic rings. The zero-order chi connectivity index (χ0) is 27.1. The van der Waals surface area contributed by atoms with Gasteiger partial charge < -0.3 is 19.8 Å². The first kappa shape index (κ1) is 27.0. The fourth-order valence-corrected chi connectivity index (χ4v) is 6.73. The van der Waals surface area contributed by atoms with E-state index in [0.717, 1.165) is 24.7 Å². The SMILES string of the molecule is CC(C)(CN1CCOCC1)c1nnc(-c2cc3c(cc2F)S(=O)(=O)C[C@H](N)CN3Cc2ccc(Cl)cc2)o1. The molecule has 9 nitrogen and oxygen atoms in total. The zero-order valence-corrected chi connectivity index (χ0v) is 22.9. The first-order valence-corrected chi connectivity index (χ1v) is 14.5. The van der Waals surface area contributed by atoms with Crippen LogP contribution < -0.4 is 10.6 Å². The van der Waals surface area contributed by atoms with Gasteiger partial charge in [0.25, 0.3) is 5.89 Å². The lowest BCUT2D eigenvalue weighted by Gasteiger charge is -2.32. The normalized spacial score (nSPS) is 20.2. The Labute approximate surface area is 226 Å². The topological polar surface area (TPSA) is 115 Å². The summed E-state index contributed by atoms with van der Waals surface area (Å²) in [6.07, 6.45) is 0. The van der Waals surface area contributed by atoms with E-state index in [9.17, 15) is 8.42 Å². The van der Waals surface area contributed by atoms with Gasteiger partial charge in [-0.1, -0.05) is 23.7 Å². The third kappa shape index (κ3) is 5.72. The molecule has 204 valence electrons. The second-order valence-corrected chi connectivity index (χ2v) is 13.0. The van der Waals surface area contributed by atoms with Crippen molar-refractivity contribution in [2.75, 3.05) is 50.0 Å². The number of hydrogen-bond donors (Lipinski definition) is 1. The van der Waals surface area contributed by atoms with E-state index in [1.165, 1.54) is 6.07 Å². The first-order valence-electron chi connectivity index (χ1n) is 12.5. The van der Waals surface area contributed by atoms with E-state index in [2.05, 4.69) is 15.1 Å². The Morgan fingerprint density at radius 2 is 1.87 bits per heavy atom. The Bertz CT molecular complexity index is 1410. The number of halogens is 2. The number of nitrogens with two attached hydrogens (primary N) is 1. The van der Waals surface area contributed by atoms with Crippen LogP contribution in [0.3, 0.4) is 0 Å². The Morgan fingerprint density at radius 1 is 1.16 bits per heavy atom. The van der Waals surface area contributed by atoms with Crippen molar-refractivity contribution in [1.82, 2.24) is 15.1 Å². The molecule has 12 heteroatoms. The molecule has 1 atom stereocenters. The van der Waals surface area contributed by atoms with Crippen LogP contribution in [0.2, 0.25) is 5.02 Å². The lowest BCUT2D eigenvalue weighted by Crippen LogP contribution is -2.43. The summed E-state index contributed by atoms with van der Waals surface area (Å²) in [5, 5.41) is 8.97. The van der Waals surface area contributed by atoms with Crippen molar-refractivity contribution in [3.05, 3.63) is 58.7 Å². The van der Waals surface area contributed by atoms with Crippen LogP contribution in [0.15, 0.2) is 45.7 Å². The maximum Gasteiger partial charge on any atom is 0.250 e. The van der Waals surface area contributed by atoms with Crippen LogP contribution >= 0.6 is 11.6 Å². The summed E-state index contributed by atoms with van der Waals surface area (Å²) < 4.78 is 53.1. The van der Waals surface area contributed by atoms with Gasteiger partial charge in [-0.3, -0.25) is 4.90 Å². The number of aromatic nitrogens is 2. The van der Waals surface area contributed by atoms with E-state index < -0.39 is 27.1 Å². The van der Waals surface area contributed by atoms with E-state index in [1.807, 2.05) is 30.9 Å². The van der Waals surface area contributed by atoms with Gasteiger partial charge in [-0.15, -0.1) is 10.2 Å². The number of anilines is 1. The van der Waals surface area contributed by atoms with Crippen LogP contribution in [-0.2, 0) is 26.5 Å². The first-order chi connectivity index (χ1) is 18.0. The van der Waals surface area contributed by atoms with Crippen LogP contribution in [0.4, 0.5) is 10.1 Å². The largest absolute Gasteiger partial charge is 0.420 e. The van der Waals surface area contributed by atoms with Gasteiger partial charge in [0.05, 0.1) is 40.5 Å². The smallest absolute Gasteiger partial charge is 0.250 e. The molecule has 2 aliphatic rings. The van der Waals surface area contributed by atoms with Crippen LogP contribution in [0.1, 0.15) is 25.3 Å². The van der Waals surface area contributed by atoms with Gasteiger partial charge in [0.1, 0.15) is 5.82 Å². The second kappa shape index (κ2) is 10.5. The molecular formula is C26H31ClFN5O4S. The third-order valence-electron chi connectivity index (χ3n) is 6.86. The van der Waals surface area contributed by atoms with Crippen molar-refractivity contribution in [3.63, 3.8) is 0 Å². The molecule has 0 bridgehead atoms. The molecule has 0 unspecified atom stereocenters. The summed E-state index contributed by atoms with van der Waals surface area (Å²) in [6, 6.07) is 9.11. The number of sulfone groups is 1. The molecule has 1 aromatic heterocycles. The van der Waals surface area contributed by atoms with E-state index in [1.54, 1.807) is 12.1 Å². The monoisotopic (exact) mass is 563 g/mol. The predicted octanol–water partition coefficient (Wildman–Crippen LogP) is 3.26. The van der Waals surface area contributed by atoms with Gasteiger partial charge >= 0.3 is 0 Å². The minimum absolute atomic E-state index is 0.00672. The van der Waals surface area contributed by atoms with Gasteiger partial charge in [0.2, 0.25) is 5.89 Å². The summed E-state index contributed by atoms with van der Waals surface area (Å²) in [5.41, 5.74) is 6.99. The van der Waals surface area contributed by atoms with Gasteiger partial charge in [0, 0.05) is 43.8 Å². The number of fused-ring (bicyclic) bond motifs is 1. The molecule has 1 fully saturated rings. The molecule has 38 heavy (non-hydrogen) atoms. The minimum Gasteiger partial charge on any atom is -0.420 e. The Balaban J connectivity index is 1.51. The molecule has 2 aromatic carbocycles. The molecule has 0 radical (unpaired) electrons. The highest BCUT2D eigenvalue weighted by molar-refractivity contribution is 7.91. The van der Waals surface area contributed by atoms with Crippen molar-refractivity contribution in [2.45, 2.75) is 36.7 Å². The van der Waals surface area contributed by atoms with Gasteiger partial charge in [0.15, 0.2) is 9.84 Å². The fourth-order valence-electron chi connectivity index (χ4n) is 4.96. The standard InChI is InChI=1S/C26H31ClFN5O4S/c1-26(2,16-32-7-9-36-10-8-32)25-31-30-24(37-25)20-11-22-23(12-21(20)28)38(34,35)15-19(29)14-33(22)13-17-3-5-18(27)6-4-17/h3-6,11-12,19H,7-10,13-16,29H2,1-2H3/t19-/m1/s1. The minimum atomic E-state index is -3.83. The second-order valence-electron chi connectivity index (χ2n) is 10.5. The Morgan fingerprint density at radius 3 is 2.58 bits per heavy atom. The highest BCUT2D eigenvalue weighted by Gasteiger charge is 2.34. The molecule has 1 saturated heterocycles. The summed E-state index contributed by atoms with van der Waals surface area (Å²) in [4.78, 5) is 4.00. The maximum atomic E-state index is 15.4. The van der Waals surface area contributed by atoms with Crippen molar-refractivity contribution >= 4 is 27.1 Å². The lowest BCUT2D eigenvalue weighted by molar-refractivity contribution is 0.0274. The Kier molecular flexibility index (Phi) is 7.49. The summed E-state index contributed by atoms with van der Waals surface area (Å²) in [6.45, 7) is 8.25. The van der Waals surface area contributed by atoms with Crippen molar-refractivity contribution in [2.24, 2.45) is 5.73 Å². The average Bonchev–Trinajstić information content (AvgIpc) is 3.33. The third-order valence-corrected chi connectivity index (χ3v) is 8.97. The molecule has 2 N–H and O–H groups in total. The molecule has 0 saturated carbocycles. The molecular weight excluding hydrogens is 533 g/mol. The van der Waals surface area contributed by atoms with Crippen molar-refractivity contribution < 1.29 is 22.0 Å². The van der Waals surface area contributed by atoms with Crippen LogP contribution in [-0.4, -0.2) is 74.7 Å². The van der Waals surface area contributed by atoms with Crippen LogP contribution in [0.25, 0.3) is 11.5 Å². The predicted molar refractivity (Wildman–Crippen MR) is 143 cm³/mol. The summed E-state index contributed by atoms with van der Waals surface area (Å²) in [7, 11) is -3.83. The highest BCUT2D eigenvalue weighted by Crippen LogP contribution is 2.37. The molecule has 5 rings (SSSR count). The summed E-state index contributed by atoms with van der Waals surface area (Å²) >= 11 is 6.03. The zero-order valence-electron chi connectivity index (χ0n) is 21.4. The number of hydrogen-bond acceptors (Lipinski definition) is 9. The van der Waals surface area contributed by atoms with Crippen molar-refractivity contribution in [1.29, 1.82) is 0 Å². The van der Waals surface area contributed by atoms with Gasteiger partial charge in [-0.25, -0.2) is 12.8 Å². The van der Waals surface area contributed by atoms with Gasteiger partial charge in [-0.2, -0.15) is 0 Å². The highest BCUT2D eigenvalue weighted by atomic mass is 35.5. The fraction of sp³-hybridized carbons (Fsp3) is 0.462. The number of morpholine rings is 1. The number of ether oxygens (including phenoxy) is 1. The molecule has 0 aliphatic carbocycles.